The summed E-state index contributed by atoms with van der Waals surface area (Å²) < 4.78 is 26.7. The summed E-state index contributed by atoms with van der Waals surface area (Å²) in [7, 11) is -3.38. The van der Waals surface area contributed by atoms with Crippen LogP contribution in [-0.2, 0) is 16.6 Å². The molecule has 19 heavy (non-hydrogen) atoms. The Balaban J connectivity index is 2.69. The summed E-state index contributed by atoms with van der Waals surface area (Å²) in [5.74, 6) is 0. The van der Waals surface area contributed by atoms with Crippen LogP contribution < -0.4 is 10.0 Å². The molecule has 0 radical (unpaired) electrons. The molecule has 0 fully saturated rings. The van der Waals surface area contributed by atoms with Gasteiger partial charge in [-0.15, -0.1) is 0 Å². The van der Waals surface area contributed by atoms with Gasteiger partial charge in [-0.05, 0) is 44.0 Å². The van der Waals surface area contributed by atoms with Gasteiger partial charge in [0.15, 0.2) is 0 Å². The van der Waals surface area contributed by atoms with Crippen molar-refractivity contribution in [2.75, 3.05) is 6.54 Å². The minimum Gasteiger partial charge on any atom is -0.313 e. The van der Waals surface area contributed by atoms with E-state index in [1.54, 1.807) is 12.1 Å². The monoisotopic (exact) mass is 284 g/mol. The SMILES string of the molecule is CCCNCc1ccc(S(=O)(=O)NC(C)CC)cc1. The van der Waals surface area contributed by atoms with E-state index in [4.69, 9.17) is 0 Å². The van der Waals surface area contributed by atoms with Gasteiger partial charge in [0, 0.05) is 12.6 Å². The van der Waals surface area contributed by atoms with Crippen LogP contribution in [0, 0.1) is 0 Å². The van der Waals surface area contributed by atoms with Gasteiger partial charge in [0.2, 0.25) is 10.0 Å². The maximum atomic E-state index is 12.0. The molecule has 0 aliphatic heterocycles. The largest absolute Gasteiger partial charge is 0.313 e. The summed E-state index contributed by atoms with van der Waals surface area (Å²) in [6.45, 7) is 7.67. The first-order valence-corrected chi connectivity index (χ1v) is 8.30. The third-order valence-electron chi connectivity index (χ3n) is 2.96. The lowest BCUT2D eigenvalue weighted by atomic mass is 10.2. The van der Waals surface area contributed by atoms with Crippen molar-refractivity contribution in [3.8, 4) is 0 Å². The van der Waals surface area contributed by atoms with Crippen molar-refractivity contribution in [1.82, 2.24) is 10.0 Å². The van der Waals surface area contributed by atoms with E-state index in [0.29, 0.717) is 4.90 Å². The van der Waals surface area contributed by atoms with Crippen LogP contribution >= 0.6 is 0 Å². The molecule has 5 heteroatoms. The summed E-state index contributed by atoms with van der Waals surface area (Å²) in [4.78, 5) is 0.326. The molecule has 1 aromatic rings. The summed E-state index contributed by atoms with van der Waals surface area (Å²) >= 11 is 0. The lowest BCUT2D eigenvalue weighted by molar-refractivity contribution is 0.556. The lowest BCUT2D eigenvalue weighted by Gasteiger charge is -2.12. The molecule has 0 bridgehead atoms. The van der Waals surface area contributed by atoms with E-state index in [1.807, 2.05) is 26.0 Å². The van der Waals surface area contributed by atoms with Crippen LogP contribution in [0.4, 0.5) is 0 Å². The van der Waals surface area contributed by atoms with E-state index in [-0.39, 0.29) is 6.04 Å². The normalized spacial score (nSPS) is 13.4. The molecule has 0 aliphatic rings. The van der Waals surface area contributed by atoms with Crippen molar-refractivity contribution in [2.45, 2.75) is 51.1 Å². The van der Waals surface area contributed by atoms with Crippen LogP contribution in [0.25, 0.3) is 0 Å². The molecule has 1 unspecified atom stereocenters. The molecule has 1 aromatic carbocycles. The Morgan fingerprint density at radius 2 is 1.79 bits per heavy atom. The van der Waals surface area contributed by atoms with Crippen molar-refractivity contribution >= 4 is 10.0 Å². The predicted octanol–water partition coefficient (Wildman–Crippen LogP) is 2.26. The Kier molecular flexibility index (Phi) is 6.48. The number of nitrogens with one attached hydrogen (secondary N) is 2. The van der Waals surface area contributed by atoms with Crippen molar-refractivity contribution in [1.29, 1.82) is 0 Å². The van der Waals surface area contributed by atoms with E-state index in [1.165, 1.54) is 0 Å². The standard InChI is InChI=1S/C14H24N2O2S/c1-4-10-15-11-13-6-8-14(9-7-13)19(17,18)16-12(3)5-2/h6-9,12,15-16H,4-5,10-11H2,1-3H3. The second kappa shape index (κ2) is 7.62. The molecule has 0 saturated heterocycles. The number of rotatable bonds is 8. The van der Waals surface area contributed by atoms with Gasteiger partial charge in [0.05, 0.1) is 4.90 Å². The second-order valence-corrected chi connectivity index (χ2v) is 6.47. The average molecular weight is 284 g/mol. The van der Waals surface area contributed by atoms with Gasteiger partial charge in [-0.3, -0.25) is 0 Å². The van der Waals surface area contributed by atoms with Crippen molar-refractivity contribution < 1.29 is 8.42 Å². The average Bonchev–Trinajstić information content (AvgIpc) is 2.39. The minimum absolute atomic E-state index is 0.0455. The van der Waals surface area contributed by atoms with Crippen LogP contribution in [0.15, 0.2) is 29.2 Å². The Bertz CT molecular complexity index is 469. The summed E-state index contributed by atoms with van der Waals surface area (Å²) in [5, 5.41) is 3.29. The van der Waals surface area contributed by atoms with Crippen molar-refractivity contribution in [3.05, 3.63) is 29.8 Å². The van der Waals surface area contributed by atoms with Gasteiger partial charge in [-0.25, -0.2) is 13.1 Å². The molecular formula is C14H24N2O2S. The summed E-state index contributed by atoms with van der Waals surface area (Å²) in [6.07, 6.45) is 1.86. The minimum atomic E-state index is -3.38. The zero-order chi connectivity index (χ0) is 14.3. The Labute approximate surface area is 116 Å². The third kappa shape index (κ3) is 5.30. The topological polar surface area (TPSA) is 58.2 Å². The number of hydrogen-bond donors (Lipinski definition) is 2. The van der Waals surface area contributed by atoms with Crippen LogP contribution in [-0.4, -0.2) is 21.0 Å². The van der Waals surface area contributed by atoms with Crippen molar-refractivity contribution in [2.24, 2.45) is 0 Å². The van der Waals surface area contributed by atoms with Crippen LogP contribution in [0.5, 0.6) is 0 Å². The highest BCUT2D eigenvalue weighted by molar-refractivity contribution is 7.89. The van der Waals surface area contributed by atoms with Gasteiger partial charge in [-0.2, -0.15) is 0 Å². The zero-order valence-corrected chi connectivity index (χ0v) is 12.8. The van der Waals surface area contributed by atoms with E-state index in [2.05, 4.69) is 17.0 Å². The molecule has 1 atom stereocenters. The molecule has 0 heterocycles. The number of benzene rings is 1. The molecule has 4 nitrogen and oxygen atoms in total. The molecular weight excluding hydrogens is 260 g/mol. The fourth-order valence-corrected chi connectivity index (χ4v) is 2.94. The van der Waals surface area contributed by atoms with Crippen LogP contribution in [0.2, 0.25) is 0 Å². The molecule has 2 N–H and O–H groups in total. The Morgan fingerprint density at radius 3 is 2.32 bits per heavy atom. The first kappa shape index (κ1) is 16.1. The van der Waals surface area contributed by atoms with Gasteiger partial charge in [0.1, 0.15) is 0 Å². The first-order chi connectivity index (χ1) is 8.99. The highest BCUT2D eigenvalue weighted by Gasteiger charge is 2.15. The van der Waals surface area contributed by atoms with E-state index < -0.39 is 10.0 Å². The molecule has 0 amide bonds. The second-order valence-electron chi connectivity index (χ2n) is 4.75. The molecule has 108 valence electrons. The first-order valence-electron chi connectivity index (χ1n) is 6.81. The van der Waals surface area contributed by atoms with Crippen LogP contribution in [0.3, 0.4) is 0 Å². The fraction of sp³-hybridized carbons (Fsp3) is 0.571. The lowest BCUT2D eigenvalue weighted by Crippen LogP contribution is -2.32. The van der Waals surface area contributed by atoms with Crippen LogP contribution in [0.1, 0.15) is 39.2 Å². The Hall–Kier alpha value is -0.910. The van der Waals surface area contributed by atoms with E-state index >= 15 is 0 Å². The van der Waals surface area contributed by atoms with Gasteiger partial charge in [0.25, 0.3) is 0 Å². The smallest absolute Gasteiger partial charge is 0.240 e. The molecule has 0 aromatic heterocycles. The van der Waals surface area contributed by atoms with Crippen molar-refractivity contribution in [3.63, 3.8) is 0 Å². The molecule has 0 spiro atoms. The van der Waals surface area contributed by atoms with Gasteiger partial charge >= 0.3 is 0 Å². The number of sulfonamides is 1. The maximum absolute atomic E-state index is 12.0. The quantitative estimate of drug-likeness (QED) is 0.720. The zero-order valence-electron chi connectivity index (χ0n) is 11.9. The molecule has 0 saturated carbocycles. The summed E-state index contributed by atoms with van der Waals surface area (Å²) in [6, 6.07) is 6.99. The Morgan fingerprint density at radius 1 is 1.16 bits per heavy atom. The number of hydrogen-bond acceptors (Lipinski definition) is 3. The van der Waals surface area contributed by atoms with E-state index in [0.717, 1.165) is 31.5 Å². The van der Waals surface area contributed by atoms with E-state index in [9.17, 15) is 8.42 Å². The fourth-order valence-electron chi connectivity index (χ4n) is 1.61. The highest BCUT2D eigenvalue weighted by atomic mass is 32.2. The molecule has 0 aliphatic carbocycles. The third-order valence-corrected chi connectivity index (χ3v) is 4.56. The van der Waals surface area contributed by atoms with Gasteiger partial charge in [-0.1, -0.05) is 26.0 Å². The predicted molar refractivity (Wildman–Crippen MR) is 78.5 cm³/mol. The highest BCUT2D eigenvalue weighted by Crippen LogP contribution is 2.11. The molecule has 1 rings (SSSR count). The maximum Gasteiger partial charge on any atom is 0.240 e. The van der Waals surface area contributed by atoms with Gasteiger partial charge < -0.3 is 5.32 Å². The summed E-state index contributed by atoms with van der Waals surface area (Å²) in [5.41, 5.74) is 1.09.